The number of hydrogen-bond acceptors (Lipinski definition) is 5. The van der Waals surface area contributed by atoms with Crippen LogP contribution in [0, 0.1) is 12.7 Å². The molecule has 0 saturated heterocycles. The number of halogens is 1. The second-order valence-electron chi connectivity index (χ2n) is 9.34. The van der Waals surface area contributed by atoms with Crippen LogP contribution in [-0.2, 0) is 17.0 Å². The first kappa shape index (κ1) is 27.1. The van der Waals surface area contributed by atoms with Gasteiger partial charge in [-0.3, -0.25) is 9.36 Å². The molecule has 1 amide bonds. The van der Waals surface area contributed by atoms with Gasteiger partial charge in [-0.2, -0.15) is 0 Å². The molecule has 0 bridgehead atoms. The summed E-state index contributed by atoms with van der Waals surface area (Å²) in [5.41, 5.74) is 4.04. The van der Waals surface area contributed by atoms with Crippen LogP contribution < -0.4 is 10.1 Å². The zero-order valence-electron chi connectivity index (χ0n) is 22.0. The molecule has 0 aliphatic heterocycles. The van der Waals surface area contributed by atoms with Crippen LogP contribution in [0.5, 0.6) is 5.75 Å². The zero-order valence-corrected chi connectivity index (χ0v) is 22.9. The normalized spacial score (nSPS) is 11.7. The van der Waals surface area contributed by atoms with Crippen LogP contribution in [0.25, 0.3) is 5.69 Å². The number of hydrogen-bond donors (Lipinski definition) is 1. The highest BCUT2D eigenvalue weighted by Crippen LogP contribution is 2.29. The van der Waals surface area contributed by atoms with Crippen molar-refractivity contribution in [2.24, 2.45) is 0 Å². The number of para-hydroxylation sites is 1. The molecule has 1 atom stereocenters. The molecule has 4 aromatic carbocycles. The lowest BCUT2D eigenvalue weighted by Crippen LogP contribution is -2.35. The molecule has 40 heavy (non-hydrogen) atoms. The Balaban J connectivity index is 1.45. The van der Waals surface area contributed by atoms with Crippen molar-refractivity contribution >= 4 is 17.7 Å². The monoisotopic (exact) mass is 552 g/mol. The van der Waals surface area contributed by atoms with Crippen molar-refractivity contribution < 1.29 is 13.9 Å². The largest absolute Gasteiger partial charge is 0.484 e. The molecule has 202 valence electrons. The first-order valence-electron chi connectivity index (χ1n) is 13.0. The number of rotatable bonds is 11. The summed E-state index contributed by atoms with van der Waals surface area (Å²) in [4.78, 5) is 13.1. The van der Waals surface area contributed by atoms with Crippen LogP contribution in [0.1, 0.15) is 28.6 Å². The standard InChI is InChI=1S/C32H29FN4O2S/c1-23-12-18-27(19-13-23)37-31(35-36-32(37)40-22-25-14-16-26(33)17-15-25)29(20-24-8-4-2-5-9-24)34-30(38)21-39-28-10-6-3-7-11-28/h2-19,29H,20-22H2,1H3,(H,34,38). The van der Waals surface area contributed by atoms with Gasteiger partial charge in [-0.25, -0.2) is 4.39 Å². The van der Waals surface area contributed by atoms with Crippen LogP contribution in [0.2, 0.25) is 0 Å². The summed E-state index contributed by atoms with van der Waals surface area (Å²) < 4.78 is 21.1. The quantitative estimate of drug-likeness (QED) is 0.190. The van der Waals surface area contributed by atoms with Gasteiger partial charge in [0, 0.05) is 11.4 Å². The van der Waals surface area contributed by atoms with Gasteiger partial charge >= 0.3 is 0 Å². The van der Waals surface area contributed by atoms with E-state index in [1.54, 1.807) is 12.1 Å². The van der Waals surface area contributed by atoms with E-state index in [9.17, 15) is 9.18 Å². The zero-order chi connectivity index (χ0) is 27.7. The predicted molar refractivity (Wildman–Crippen MR) is 155 cm³/mol. The molecule has 0 fully saturated rings. The lowest BCUT2D eigenvalue weighted by atomic mass is 10.0. The number of aryl methyl sites for hydroxylation is 1. The fourth-order valence-electron chi connectivity index (χ4n) is 4.22. The van der Waals surface area contributed by atoms with Crippen LogP contribution in [0.15, 0.2) is 114 Å². The minimum absolute atomic E-state index is 0.125. The average Bonchev–Trinajstić information content (AvgIpc) is 3.41. The van der Waals surface area contributed by atoms with E-state index in [1.165, 1.54) is 23.9 Å². The highest BCUT2D eigenvalue weighted by molar-refractivity contribution is 7.98. The van der Waals surface area contributed by atoms with Gasteiger partial charge in [0.1, 0.15) is 11.6 Å². The average molecular weight is 553 g/mol. The topological polar surface area (TPSA) is 69.0 Å². The van der Waals surface area contributed by atoms with Gasteiger partial charge in [-0.1, -0.05) is 90.1 Å². The Bertz CT molecular complexity index is 1530. The molecule has 8 heteroatoms. The Morgan fingerprint density at radius 1 is 0.875 bits per heavy atom. The Hall–Kier alpha value is -4.43. The fraction of sp³-hybridized carbons (Fsp3) is 0.156. The van der Waals surface area contributed by atoms with E-state index < -0.39 is 6.04 Å². The third-order valence-electron chi connectivity index (χ3n) is 6.27. The van der Waals surface area contributed by atoms with Crippen molar-refractivity contribution in [1.29, 1.82) is 0 Å². The van der Waals surface area contributed by atoms with Crippen LogP contribution >= 0.6 is 11.8 Å². The van der Waals surface area contributed by atoms with Crippen LogP contribution in [0.4, 0.5) is 4.39 Å². The Kier molecular flexibility index (Phi) is 8.88. The third-order valence-corrected chi connectivity index (χ3v) is 7.27. The first-order chi connectivity index (χ1) is 19.5. The SMILES string of the molecule is Cc1ccc(-n2c(SCc3ccc(F)cc3)nnc2C(Cc2ccccc2)NC(=O)COc2ccccc2)cc1. The smallest absolute Gasteiger partial charge is 0.258 e. The van der Waals surface area contributed by atoms with E-state index in [4.69, 9.17) is 4.74 Å². The first-order valence-corrected chi connectivity index (χ1v) is 13.9. The van der Waals surface area contributed by atoms with Crippen molar-refractivity contribution in [3.63, 3.8) is 0 Å². The molecule has 6 nitrogen and oxygen atoms in total. The Morgan fingerprint density at radius 2 is 1.55 bits per heavy atom. The van der Waals surface area contributed by atoms with Crippen molar-refractivity contribution in [3.05, 3.63) is 138 Å². The third kappa shape index (κ3) is 7.15. The Labute approximate surface area is 237 Å². The Morgan fingerprint density at radius 3 is 2.25 bits per heavy atom. The summed E-state index contributed by atoms with van der Waals surface area (Å²) in [5, 5.41) is 12.9. The van der Waals surface area contributed by atoms with Crippen molar-refractivity contribution in [3.8, 4) is 11.4 Å². The van der Waals surface area contributed by atoms with E-state index >= 15 is 0 Å². The van der Waals surface area contributed by atoms with Gasteiger partial charge in [0.2, 0.25) is 0 Å². The highest BCUT2D eigenvalue weighted by Gasteiger charge is 2.25. The predicted octanol–water partition coefficient (Wildman–Crippen LogP) is 6.49. The lowest BCUT2D eigenvalue weighted by Gasteiger charge is -2.20. The van der Waals surface area contributed by atoms with Gasteiger partial charge in [-0.15, -0.1) is 10.2 Å². The lowest BCUT2D eigenvalue weighted by molar-refractivity contribution is -0.123. The number of ether oxygens (including phenoxy) is 1. The molecule has 0 aliphatic rings. The molecular weight excluding hydrogens is 523 g/mol. The van der Waals surface area contributed by atoms with Crippen molar-refractivity contribution in [1.82, 2.24) is 20.1 Å². The second kappa shape index (κ2) is 13.1. The molecule has 1 aromatic heterocycles. The summed E-state index contributed by atoms with van der Waals surface area (Å²) >= 11 is 1.51. The molecule has 5 aromatic rings. The fourth-order valence-corrected chi connectivity index (χ4v) is 5.14. The van der Waals surface area contributed by atoms with Crippen LogP contribution in [-0.4, -0.2) is 27.3 Å². The maximum atomic E-state index is 13.4. The highest BCUT2D eigenvalue weighted by atomic mass is 32.2. The number of nitrogens with one attached hydrogen (secondary N) is 1. The summed E-state index contributed by atoms with van der Waals surface area (Å²) in [6, 6.07) is 33.3. The maximum absolute atomic E-state index is 13.4. The molecule has 1 unspecified atom stereocenters. The van der Waals surface area contributed by atoms with Gasteiger partial charge < -0.3 is 10.1 Å². The number of benzene rings is 4. The molecule has 0 spiro atoms. The summed E-state index contributed by atoms with van der Waals surface area (Å²) in [7, 11) is 0. The minimum Gasteiger partial charge on any atom is -0.484 e. The molecule has 0 saturated carbocycles. The van der Waals surface area contributed by atoms with E-state index in [-0.39, 0.29) is 18.3 Å². The molecule has 5 rings (SSSR count). The van der Waals surface area contributed by atoms with E-state index in [2.05, 4.69) is 15.5 Å². The van der Waals surface area contributed by atoms with Gasteiger partial charge in [-0.05, 0) is 60.9 Å². The molecular formula is C32H29FN4O2S. The van der Waals surface area contributed by atoms with E-state index in [0.717, 1.165) is 22.4 Å². The minimum atomic E-state index is -0.469. The molecule has 1 N–H and O–H groups in total. The van der Waals surface area contributed by atoms with Crippen molar-refractivity contribution in [2.45, 2.75) is 30.3 Å². The van der Waals surface area contributed by atoms with Gasteiger partial charge in [0.05, 0.1) is 6.04 Å². The molecule has 0 aliphatic carbocycles. The van der Waals surface area contributed by atoms with Crippen molar-refractivity contribution in [2.75, 3.05) is 6.61 Å². The number of nitrogens with zero attached hydrogens (tertiary/aromatic N) is 3. The molecule has 1 heterocycles. The number of amides is 1. The van der Waals surface area contributed by atoms with Gasteiger partial charge in [0.25, 0.3) is 5.91 Å². The number of aromatic nitrogens is 3. The molecule has 0 radical (unpaired) electrons. The number of carbonyl (C=O) groups is 1. The van der Waals surface area contributed by atoms with E-state index in [0.29, 0.717) is 28.9 Å². The summed E-state index contributed by atoms with van der Waals surface area (Å²) in [6.45, 7) is 1.91. The van der Waals surface area contributed by atoms with Crippen LogP contribution in [0.3, 0.4) is 0 Å². The number of thioether (sulfide) groups is 1. The summed E-state index contributed by atoms with van der Waals surface area (Å²) in [6.07, 6.45) is 0.518. The summed E-state index contributed by atoms with van der Waals surface area (Å²) in [5.74, 6) is 1.30. The second-order valence-corrected chi connectivity index (χ2v) is 10.3. The maximum Gasteiger partial charge on any atom is 0.258 e. The number of carbonyl (C=O) groups excluding carboxylic acids is 1. The van der Waals surface area contributed by atoms with Gasteiger partial charge in [0.15, 0.2) is 17.6 Å². The van der Waals surface area contributed by atoms with E-state index in [1.807, 2.05) is 96.4 Å².